The van der Waals surface area contributed by atoms with E-state index in [9.17, 15) is 4.79 Å². The number of methoxy groups -OCH3 is 2. The van der Waals surface area contributed by atoms with E-state index in [-0.39, 0.29) is 5.78 Å². The van der Waals surface area contributed by atoms with Crippen LogP contribution in [-0.4, -0.2) is 20.0 Å². The normalized spacial score (nSPS) is 10.3. The molecule has 2 rings (SSSR count). The van der Waals surface area contributed by atoms with Crippen molar-refractivity contribution in [3.05, 3.63) is 56.0 Å². The highest BCUT2D eigenvalue weighted by Gasteiger charge is 2.20. The van der Waals surface area contributed by atoms with Crippen LogP contribution in [0.2, 0.25) is 10.0 Å². The van der Waals surface area contributed by atoms with E-state index in [1.165, 1.54) is 20.3 Å². The van der Waals surface area contributed by atoms with Gasteiger partial charge in [0.15, 0.2) is 5.78 Å². The number of hydrogen-bond donors (Lipinski definition) is 0. The number of ketones is 1. The second kappa shape index (κ2) is 6.69. The van der Waals surface area contributed by atoms with Crippen LogP contribution >= 0.6 is 39.1 Å². The summed E-state index contributed by atoms with van der Waals surface area (Å²) in [7, 11) is 3.01. The Morgan fingerprint density at radius 2 is 1.67 bits per heavy atom. The summed E-state index contributed by atoms with van der Waals surface area (Å²) in [5.74, 6) is 0.658. The maximum Gasteiger partial charge on any atom is 0.198 e. The molecule has 0 atom stereocenters. The van der Waals surface area contributed by atoms with E-state index >= 15 is 0 Å². The van der Waals surface area contributed by atoms with Gasteiger partial charge in [0.2, 0.25) is 0 Å². The van der Waals surface area contributed by atoms with Crippen molar-refractivity contribution >= 4 is 44.9 Å². The van der Waals surface area contributed by atoms with Crippen molar-refractivity contribution in [2.24, 2.45) is 0 Å². The third-order valence-electron chi connectivity index (χ3n) is 2.89. The molecular formula is C15H11BrCl2O3. The molecule has 0 fully saturated rings. The average Bonchev–Trinajstić information content (AvgIpc) is 2.48. The van der Waals surface area contributed by atoms with E-state index < -0.39 is 0 Å². The van der Waals surface area contributed by atoms with Crippen LogP contribution in [0.1, 0.15) is 15.9 Å². The second-order valence-corrected chi connectivity index (χ2v) is 5.84. The van der Waals surface area contributed by atoms with Crippen LogP contribution in [0.5, 0.6) is 11.5 Å². The number of halogens is 3. The Labute approximate surface area is 140 Å². The van der Waals surface area contributed by atoms with Crippen molar-refractivity contribution in [2.75, 3.05) is 14.2 Å². The topological polar surface area (TPSA) is 35.5 Å². The summed E-state index contributed by atoms with van der Waals surface area (Å²) in [5.41, 5.74) is 0.661. The molecule has 0 aliphatic rings. The highest BCUT2D eigenvalue weighted by Crippen LogP contribution is 2.35. The molecule has 0 heterocycles. The molecular weight excluding hydrogens is 379 g/mol. The molecule has 110 valence electrons. The molecule has 0 spiro atoms. The highest BCUT2D eigenvalue weighted by atomic mass is 79.9. The number of carbonyl (C=O) groups is 1. The fraction of sp³-hybridized carbons (Fsp3) is 0.133. The van der Waals surface area contributed by atoms with Crippen LogP contribution in [0.3, 0.4) is 0 Å². The molecule has 21 heavy (non-hydrogen) atoms. The standard InChI is InChI=1S/C15H11BrCl2O3/c1-20-13-7-11(16)14(21-2)6-10(13)15(19)9-5-8(17)3-4-12(9)18/h3-7H,1-2H3. The van der Waals surface area contributed by atoms with Crippen molar-refractivity contribution in [1.82, 2.24) is 0 Å². The third kappa shape index (κ3) is 3.34. The van der Waals surface area contributed by atoms with Gasteiger partial charge in [-0.15, -0.1) is 0 Å². The first-order chi connectivity index (χ1) is 9.97. The number of carbonyl (C=O) groups excluding carboxylic acids is 1. The van der Waals surface area contributed by atoms with E-state index in [1.54, 1.807) is 24.3 Å². The van der Waals surface area contributed by atoms with Crippen molar-refractivity contribution < 1.29 is 14.3 Å². The summed E-state index contributed by atoms with van der Waals surface area (Å²) in [6.45, 7) is 0. The average molecular weight is 390 g/mol. The summed E-state index contributed by atoms with van der Waals surface area (Å²) < 4.78 is 11.2. The summed E-state index contributed by atoms with van der Waals surface area (Å²) >= 11 is 15.4. The predicted octanol–water partition coefficient (Wildman–Crippen LogP) is 5.00. The number of hydrogen-bond acceptors (Lipinski definition) is 3. The molecule has 2 aromatic carbocycles. The smallest absolute Gasteiger partial charge is 0.198 e. The molecule has 0 bridgehead atoms. The monoisotopic (exact) mass is 388 g/mol. The lowest BCUT2D eigenvalue weighted by Crippen LogP contribution is -2.05. The van der Waals surface area contributed by atoms with E-state index in [0.717, 1.165) is 0 Å². The maximum absolute atomic E-state index is 12.7. The van der Waals surface area contributed by atoms with Gasteiger partial charge in [-0.3, -0.25) is 4.79 Å². The van der Waals surface area contributed by atoms with Gasteiger partial charge in [0.25, 0.3) is 0 Å². The lowest BCUT2D eigenvalue weighted by molar-refractivity contribution is 0.103. The summed E-state index contributed by atoms with van der Waals surface area (Å²) in [4.78, 5) is 12.7. The first kappa shape index (κ1) is 16.1. The van der Waals surface area contributed by atoms with Gasteiger partial charge in [-0.2, -0.15) is 0 Å². The first-order valence-corrected chi connectivity index (χ1v) is 7.44. The minimum atomic E-state index is -0.287. The van der Waals surface area contributed by atoms with Crippen molar-refractivity contribution in [3.8, 4) is 11.5 Å². The Morgan fingerprint density at radius 3 is 2.29 bits per heavy atom. The van der Waals surface area contributed by atoms with Crippen LogP contribution in [0, 0.1) is 0 Å². The van der Waals surface area contributed by atoms with E-state index in [1.807, 2.05) is 0 Å². The number of rotatable bonds is 4. The summed E-state index contributed by atoms with van der Waals surface area (Å²) in [5, 5.41) is 0.763. The molecule has 2 aromatic rings. The van der Waals surface area contributed by atoms with Gasteiger partial charge in [-0.1, -0.05) is 23.2 Å². The predicted molar refractivity (Wildman–Crippen MR) is 87.1 cm³/mol. The molecule has 6 heteroatoms. The van der Waals surface area contributed by atoms with Gasteiger partial charge in [0.05, 0.1) is 29.3 Å². The molecule has 0 aliphatic heterocycles. The molecule has 0 N–H and O–H groups in total. The third-order valence-corrected chi connectivity index (χ3v) is 4.08. The van der Waals surface area contributed by atoms with Crippen molar-refractivity contribution in [1.29, 1.82) is 0 Å². The Bertz CT molecular complexity index is 702. The fourth-order valence-electron chi connectivity index (χ4n) is 1.85. The zero-order chi connectivity index (χ0) is 15.6. The Hall–Kier alpha value is -1.23. The van der Waals surface area contributed by atoms with E-state index in [0.29, 0.717) is 37.1 Å². The largest absolute Gasteiger partial charge is 0.496 e. The van der Waals surface area contributed by atoms with Crippen LogP contribution < -0.4 is 9.47 Å². The zero-order valence-electron chi connectivity index (χ0n) is 11.2. The molecule has 0 aliphatic carbocycles. The second-order valence-electron chi connectivity index (χ2n) is 4.14. The van der Waals surface area contributed by atoms with Crippen molar-refractivity contribution in [2.45, 2.75) is 0 Å². The van der Waals surface area contributed by atoms with Crippen LogP contribution in [-0.2, 0) is 0 Å². The molecule has 0 unspecified atom stereocenters. The minimum absolute atomic E-state index is 0.287. The summed E-state index contributed by atoms with van der Waals surface area (Å²) in [6.07, 6.45) is 0. The lowest BCUT2D eigenvalue weighted by atomic mass is 10.0. The van der Waals surface area contributed by atoms with E-state index in [2.05, 4.69) is 15.9 Å². The van der Waals surface area contributed by atoms with Crippen LogP contribution in [0.25, 0.3) is 0 Å². The molecule has 0 saturated carbocycles. The number of ether oxygens (including phenoxy) is 2. The molecule has 0 amide bonds. The van der Waals surface area contributed by atoms with Gasteiger partial charge in [0.1, 0.15) is 11.5 Å². The Morgan fingerprint density at radius 1 is 1.00 bits per heavy atom. The van der Waals surface area contributed by atoms with E-state index in [4.69, 9.17) is 32.7 Å². The Kier molecular flexibility index (Phi) is 5.14. The molecule has 0 saturated heterocycles. The minimum Gasteiger partial charge on any atom is -0.496 e. The van der Waals surface area contributed by atoms with Gasteiger partial charge in [0, 0.05) is 10.6 Å². The summed E-state index contributed by atoms with van der Waals surface area (Å²) in [6, 6.07) is 8.01. The van der Waals surface area contributed by atoms with Crippen LogP contribution in [0.4, 0.5) is 0 Å². The van der Waals surface area contributed by atoms with Gasteiger partial charge in [-0.25, -0.2) is 0 Å². The van der Waals surface area contributed by atoms with Crippen molar-refractivity contribution in [3.63, 3.8) is 0 Å². The highest BCUT2D eigenvalue weighted by molar-refractivity contribution is 9.10. The molecule has 0 aromatic heterocycles. The molecule has 3 nitrogen and oxygen atoms in total. The SMILES string of the molecule is COc1cc(C(=O)c2cc(Cl)ccc2Cl)c(OC)cc1Br. The van der Waals surface area contributed by atoms with Gasteiger partial charge < -0.3 is 9.47 Å². The molecule has 0 radical (unpaired) electrons. The van der Waals surface area contributed by atoms with Gasteiger partial charge in [-0.05, 0) is 46.3 Å². The lowest BCUT2D eigenvalue weighted by Gasteiger charge is -2.12. The number of benzene rings is 2. The van der Waals surface area contributed by atoms with Crippen LogP contribution in [0.15, 0.2) is 34.8 Å². The quantitative estimate of drug-likeness (QED) is 0.690. The zero-order valence-corrected chi connectivity index (χ0v) is 14.3. The fourth-order valence-corrected chi connectivity index (χ4v) is 2.71. The Balaban J connectivity index is 2.59. The first-order valence-electron chi connectivity index (χ1n) is 5.89. The maximum atomic E-state index is 12.7. The van der Waals surface area contributed by atoms with Gasteiger partial charge >= 0.3 is 0 Å².